The first-order chi connectivity index (χ1) is 18.4. The molecule has 7 rings (SSSR count). The fourth-order valence-corrected chi connectivity index (χ4v) is 8.38. The number of rotatable bonds is 5. The minimum atomic E-state index is -1.43. The number of aromatic nitrogens is 2. The molecule has 4 fully saturated rings. The Bertz CT molecular complexity index is 1360. The number of esters is 1. The fraction of sp³-hybridized carbons (Fsp3) is 0.731. The maximum atomic E-state index is 13.1. The van der Waals surface area contributed by atoms with Crippen molar-refractivity contribution in [3.8, 4) is 0 Å². The molecule has 1 N–H and O–H groups in total. The van der Waals surface area contributed by atoms with Crippen LogP contribution < -0.4 is 0 Å². The van der Waals surface area contributed by atoms with Gasteiger partial charge in [-0.05, 0) is 41.6 Å². The van der Waals surface area contributed by atoms with Crippen LogP contribution in [0.15, 0.2) is 17.3 Å². The van der Waals surface area contributed by atoms with Crippen molar-refractivity contribution in [2.75, 3.05) is 6.61 Å². The first-order valence-corrected chi connectivity index (χ1v) is 13.4. The molecule has 4 heterocycles. The zero-order valence-corrected chi connectivity index (χ0v) is 22.2. The second kappa shape index (κ2) is 7.58. The van der Waals surface area contributed by atoms with Crippen LogP contribution in [0.25, 0.3) is 0 Å². The molecule has 0 bridgehead atoms. The van der Waals surface area contributed by atoms with Gasteiger partial charge in [0.05, 0.1) is 19.3 Å². The molecule has 1 aromatic heterocycles. The topological polar surface area (TPSA) is 168 Å². The maximum absolute atomic E-state index is 13.1. The number of hydrogen-bond donors (Lipinski definition) is 1. The van der Waals surface area contributed by atoms with E-state index in [4.69, 9.17) is 23.7 Å². The van der Waals surface area contributed by atoms with Crippen LogP contribution in [0.3, 0.4) is 0 Å². The predicted octanol–water partition coefficient (Wildman–Crippen LogP) is 2.09. The number of ether oxygens (including phenoxy) is 5. The third-order valence-electron chi connectivity index (χ3n) is 10.6. The molecule has 39 heavy (non-hydrogen) atoms. The maximum Gasteiger partial charge on any atom is 0.509 e. The normalized spacial score (nSPS) is 43.0. The largest absolute Gasteiger partial charge is 0.509 e. The summed E-state index contributed by atoms with van der Waals surface area (Å²) in [6.07, 6.45) is 0.699. The lowest BCUT2D eigenvalue weighted by molar-refractivity contribution is -0.396. The second-order valence-corrected chi connectivity index (χ2v) is 12.3. The molecule has 13 nitrogen and oxygen atoms in total. The highest BCUT2D eigenvalue weighted by molar-refractivity contribution is 5.92. The van der Waals surface area contributed by atoms with Gasteiger partial charge in [-0.2, -0.15) is 0 Å². The van der Waals surface area contributed by atoms with Crippen LogP contribution in [0.2, 0.25) is 0 Å². The van der Waals surface area contributed by atoms with E-state index in [9.17, 15) is 24.8 Å². The highest BCUT2D eigenvalue weighted by Gasteiger charge is 2.95. The summed E-state index contributed by atoms with van der Waals surface area (Å²) in [6.45, 7) is 5.88. The van der Waals surface area contributed by atoms with E-state index in [1.54, 1.807) is 0 Å². The lowest BCUT2D eigenvalue weighted by Crippen LogP contribution is -2.72. The van der Waals surface area contributed by atoms with Gasteiger partial charge in [0, 0.05) is 17.4 Å². The van der Waals surface area contributed by atoms with Crippen molar-refractivity contribution in [2.24, 2.45) is 24.3 Å². The van der Waals surface area contributed by atoms with E-state index in [0.29, 0.717) is 25.0 Å². The number of cyclic esters (lactones) is 1. The number of nitrogens with zero attached hydrogens (tertiary/aromatic N) is 3. The summed E-state index contributed by atoms with van der Waals surface area (Å²) >= 11 is 0. The van der Waals surface area contributed by atoms with E-state index < -0.39 is 39.4 Å². The van der Waals surface area contributed by atoms with Gasteiger partial charge in [0.1, 0.15) is 24.0 Å². The molecule has 8 atom stereocenters. The molecule has 0 amide bonds. The summed E-state index contributed by atoms with van der Waals surface area (Å²) in [5, 5.41) is 23.1. The van der Waals surface area contributed by atoms with Crippen molar-refractivity contribution in [2.45, 2.75) is 88.2 Å². The molecule has 1 unspecified atom stereocenters. The van der Waals surface area contributed by atoms with E-state index in [2.05, 4.69) is 11.9 Å². The highest BCUT2D eigenvalue weighted by Crippen LogP contribution is 2.80. The van der Waals surface area contributed by atoms with Crippen LogP contribution in [0.5, 0.6) is 0 Å². The SMILES string of the molecule is CC(C)[C@]1(O)C[C@@H]2O[C@]23[C@]2(O[C@H]2CC2C4=C(CC[C@@]23C)C(=O)OC4)[C@@H]1OC(=O)OCc1cnc([N+](=O)[O-])n1C. The molecular formula is C26H31N3O10. The first kappa shape index (κ1) is 25.0. The van der Waals surface area contributed by atoms with Crippen LogP contribution >= 0.6 is 0 Å². The van der Waals surface area contributed by atoms with Gasteiger partial charge in [0.2, 0.25) is 0 Å². The van der Waals surface area contributed by atoms with Crippen molar-refractivity contribution >= 4 is 18.1 Å². The molecule has 0 radical (unpaired) electrons. The van der Waals surface area contributed by atoms with E-state index >= 15 is 0 Å². The van der Waals surface area contributed by atoms with Crippen molar-refractivity contribution in [1.29, 1.82) is 0 Å². The van der Waals surface area contributed by atoms with Crippen LogP contribution in [0, 0.1) is 27.4 Å². The molecule has 13 heteroatoms. The summed E-state index contributed by atoms with van der Waals surface area (Å²) in [5.74, 6) is -0.882. The quantitative estimate of drug-likeness (QED) is 0.249. The molecule has 2 spiro atoms. The van der Waals surface area contributed by atoms with Crippen LogP contribution in [0.4, 0.5) is 10.7 Å². The molecule has 2 saturated carbocycles. The van der Waals surface area contributed by atoms with E-state index in [0.717, 1.165) is 11.1 Å². The van der Waals surface area contributed by atoms with E-state index in [-0.39, 0.29) is 55.6 Å². The Hall–Kier alpha value is -3.03. The Balaban J connectivity index is 1.19. The standard InChI is InChI=1S/C26H31N3O10/c1-12(2)24(32)8-18-26(39-18)23(3)6-5-14-15(11-35-19(14)30)16(23)7-17-25(26,38-17)20(24)37-22(31)36-10-13-9-27-21(28(13)4)29(33)34/h9,12,16-18,20,32H,5-8,10-11H2,1-4H3/t16?,17-,18-,20+,23-,24+,25+,26+/m0/s1. The number of carbonyl (C=O) groups excluding carboxylic acids is 2. The summed E-state index contributed by atoms with van der Waals surface area (Å²) in [6, 6.07) is 0. The highest BCUT2D eigenvalue weighted by atomic mass is 16.8. The lowest BCUT2D eigenvalue weighted by atomic mass is 9.46. The van der Waals surface area contributed by atoms with Crippen LogP contribution in [-0.2, 0) is 42.1 Å². The molecule has 6 aliphatic rings. The smallest absolute Gasteiger partial charge is 0.458 e. The molecule has 1 aromatic rings. The van der Waals surface area contributed by atoms with Gasteiger partial charge in [0.25, 0.3) is 0 Å². The third-order valence-corrected chi connectivity index (χ3v) is 10.6. The third kappa shape index (κ3) is 2.88. The number of fused-ring (bicyclic) bond motifs is 2. The second-order valence-electron chi connectivity index (χ2n) is 12.3. The first-order valence-electron chi connectivity index (χ1n) is 13.4. The Labute approximate surface area is 223 Å². The van der Waals surface area contributed by atoms with Crippen molar-refractivity contribution in [3.05, 3.63) is 33.2 Å². The Kier molecular flexibility index (Phi) is 4.85. The zero-order chi connectivity index (χ0) is 27.7. The number of hydrogen-bond acceptors (Lipinski definition) is 11. The minimum Gasteiger partial charge on any atom is -0.458 e. The molecule has 0 aromatic carbocycles. The predicted molar refractivity (Wildman–Crippen MR) is 128 cm³/mol. The average Bonchev–Trinajstić information content (AvgIpc) is 3.70. The Morgan fingerprint density at radius 1 is 1.36 bits per heavy atom. The van der Waals surface area contributed by atoms with Gasteiger partial charge in [0.15, 0.2) is 24.0 Å². The van der Waals surface area contributed by atoms with Crippen molar-refractivity contribution in [3.63, 3.8) is 0 Å². The van der Waals surface area contributed by atoms with Gasteiger partial charge in [-0.3, -0.25) is 0 Å². The average molecular weight is 546 g/mol. The number of carbonyl (C=O) groups is 2. The summed E-state index contributed by atoms with van der Waals surface area (Å²) in [4.78, 5) is 39.6. The Morgan fingerprint density at radius 3 is 2.82 bits per heavy atom. The Morgan fingerprint density at radius 2 is 2.13 bits per heavy atom. The van der Waals surface area contributed by atoms with Crippen molar-refractivity contribution in [1.82, 2.24) is 9.55 Å². The lowest BCUT2D eigenvalue weighted by Gasteiger charge is -2.56. The van der Waals surface area contributed by atoms with Gasteiger partial charge in [-0.25, -0.2) is 14.2 Å². The van der Waals surface area contributed by atoms with Crippen LogP contribution in [-0.4, -0.2) is 73.4 Å². The van der Waals surface area contributed by atoms with Crippen LogP contribution in [0.1, 0.15) is 52.1 Å². The molecular weight excluding hydrogens is 514 g/mol. The van der Waals surface area contributed by atoms with Gasteiger partial charge >= 0.3 is 18.1 Å². The number of nitro groups is 1. The fourth-order valence-electron chi connectivity index (χ4n) is 8.38. The summed E-state index contributed by atoms with van der Waals surface area (Å²) in [7, 11) is 1.46. The molecule has 3 aliphatic carbocycles. The van der Waals surface area contributed by atoms with Crippen molar-refractivity contribution < 1.29 is 43.3 Å². The molecule has 3 aliphatic heterocycles. The number of imidazole rings is 1. The minimum absolute atomic E-state index is 0.0248. The zero-order valence-electron chi connectivity index (χ0n) is 22.2. The summed E-state index contributed by atoms with van der Waals surface area (Å²) < 4.78 is 30.9. The van der Waals surface area contributed by atoms with E-state index in [1.807, 2.05) is 13.8 Å². The number of aliphatic hydroxyl groups is 1. The van der Waals surface area contributed by atoms with Gasteiger partial charge < -0.3 is 38.9 Å². The summed E-state index contributed by atoms with van der Waals surface area (Å²) in [5.41, 5.74) is -1.57. The van der Waals surface area contributed by atoms with Gasteiger partial charge in [-0.1, -0.05) is 25.8 Å². The van der Waals surface area contributed by atoms with E-state index in [1.165, 1.54) is 17.8 Å². The van der Waals surface area contributed by atoms with Gasteiger partial charge in [-0.15, -0.1) is 0 Å². The molecule has 210 valence electrons. The number of epoxide rings is 2. The monoisotopic (exact) mass is 545 g/mol. The molecule has 2 saturated heterocycles.